The first-order chi connectivity index (χ1) is 7.75. The maximum Gasteiger partial charge on any atom is 0.163 e. The maximum atomic E-state index is 9.98. The van der Waals surface area contributed by atoms with Crippen molar-refractivity contribution in [2.24, 2.45) is 0 Å². The van der Waals surface area contributed by atoms with Gasteiger partial charge in [0, 0.05) is 11.6 Å². The van der Waals surface area contributed by atoms with Gasteiger partial charge in [-0.25, -0.2) is 0 Å². The number of rotatable bonds is 4. The van der Waals surface area contributed by atoms with Crippen molar-refractivity contribution in [3.8, 4) is 11.5 Å². The SMILES string of the molecule is COc1cc(C(C)(C)O)c(Cl)cc1OC(C)C. The molecule has 17 heavy (non-hydrogen) atoms. The van der Waals surface area contributed by atoms with Crippen molar-refractivity contribution in [1.82, 2.24) is 0 Å². The third kappa shape index (κ3) is 3.51. The molecule has 0 saturated heterocycles. The second kappa shape index (κ2) is 5.15. The van der Waals surface area contributed by atoms with Crippen molar-refractivity contribution < 1.29 is 14.6 Å². The highest BCUT2D eigenvalue weighted by atomic mass is 35.5. The fourth-order valence-electron chi connectivity index (χ4n) is 1.51. The summed E-state index contributed by atoms with van der Waals surface area (Å²) >= 11 is 6.13. The van der Waals surface area contributed by atoms with Crippen molar-refractivity contribution in [2.45, 2.75) is 39.4 Å². The van der Waals surface area contributed by atoms with Crippen LogP contribution in [0.4, 0.5) is 0 Å². The molecule has 1 N–H and O–H groups in total. The Labute approximate surface area is 107 Å². The molecule has 0 aliphatic heterocycles. The van der Waals surface area contributed by atoms with Crippen LogP contribution < -0.4 is 9.47 Å². The molecule has 1 aromatic carbocycles. The summed E-state index contributed by atoms with van der Waals surface area (Å²) in [6.45, 7) is 7.21. The van der Waals surface area contributed by atoms with Crippen molar-refractivity contribution in [2.75, 3.05) is 7.11 Å². The Kier molecular flexibility index (Phi) is 4.28. The normalized spacial score (nSPS) is 11.8. The lowest BCUT2D eigenvalue weighted by Gasteiger charge is -2.22. The lowest BCUT2D eigenvalue weighted by atomic mass is 9.98. The van der Waals surface area contributed by atoms with E-state index < -0.39 is 5.60 Å². The molecular formula is C13H19ClO3. The third-order valence-electron chi connectivity index (χ3n) is 2.28. The summed E-state index contributed by atoms with van der Waals surface area (Å²) in [6.07, 6.45) is 0.0351. The Hall–Kier alpha value is -0.930. The van der Waals surface area contributed by atoms with Crippen molar-refractivity contribution in [3.05, 3.63) is 22.7 Å². The van der Waals surface area contributed by atoms with E-state index in [4.69, 9.17) is 21.1 Å². The van der Waals surface area contributed by atoms with Gasteiger partial charge in [-0.3, -0.25) is 0 Å². The lowest BCUT2D eigenvalue weighted by Crippen LogP contribution is -2.16. The van der Waals surface area contributed by atoms with Gasteiger partial charge in [0.1, 0.15) is 0 Å². The Morgan fingerprint density at radius 1 is 1.24 bits per heavy atom. The van der Waals surface area contributed by atoms with Crippen LogP contribution in [0.5, 0.6) is 11.5 Å². The van der Waals surface area contributed by atoms with E-state index in [9.17, 15) is 5.11 Å². The molecule has 3 nitrogen and oxygen atoms in total. The van der Waals surface area contributed by atoms with Gasteiger partial charge in [-0.15, -0.1) is 0 Å². The number of benzene rings is 1. The van der Waals surface area contributed by atoms with Gasteiger partial charge in [0.05, 0.1) is 23.8 Å². The van der Waals surface area contributed by atoms with E-state index in [2.05, 4.69) is 0 Å². The fraction of sp³-hybridized carbons (Fsp3) is 0.538. The Balaban J connectivity index is 3.25. The largest absolute Gasteiger partial charge is 0.493 e. The Morgan fingerprint density at radius 3 is 2.24 bits per heavy atom. The summed E-state index contributed by atoms with van der Waals surface area (Å²) in [6, 6.07) is 3.38. The van der Waals surface area contributed by atoms with Gasteiger partial charge in [-0.2, -0.15) is 0 Å². The molecule has 0 aliphatic rings. The van der Waals surface area contributed by atoms with Gasteiger partial charge >= 0.3 is 0 Å². The average molecular weight is 259 g/mol. The predicted octanol–water partition coefficient (Wildman–Crippen LogP) is 3.36. The van der Waals surface area contributed by atoms with Crippen LogP contribution in [-0.2, 0) is 5.60 Å². The van der Waals surface area contributed by atoms with E-state index in [0.717, 1.165) is 0 Å². The highest BCUT2D eigenvalue weighted by Gasteiger charge is 2.22. The molecule has 0 saturated carbocycles. The number of ether oxygens (including phenoxy) is 2. The van der Waals surface area contributed by atoms with Gasteiger partial charge in [0.2, 0.25) is 0 Å². The standard InChI is InChI=1S/C13H19ClO3/c1-8(2)17-12-7-10(14)9(13(3,4)15)6-11(12)16-5/h6-8,15H,1-5H3. The molecule has 96 valence electrons. The first-order valence-corrected chi connectivity index (χ1v) is 5.90. The maximum absolute atomic E-state index is 9.98. The van der Waals surface area contributed by atoms with Crippen LogP contribution in [0.1, 0.15) is 33.3 Å². The Morgan fingerprint density at radius 2 is 1.82 bits per heavy atom. The molecule has 4 heteroatoms. The first kappa shape index (κ1) is 14.1. The van der Waals surface area contributed by atoms with Crippen LogP contribution in [0.25, 0.3) is 0 Å². The van der Waals surface area contributed by atoms with E-state index in [-0.39, 0.29) is 6.10 Å². The lowest BCUT2D eigenvalue weighted by molar-refractivity contribution is 0.0783. The molecule has 0 unspecified atom stereocenters. The van der Waals surface area contributed by atoms with Crippen LogP contribution in [0.15, 0.2) is 12.1 Å². The average Bonchev–Trinajstić information content (AvgIpc) is 2.14. The summed E-state index contributed by atoms with van der Waals surface area (Å²) in [4.78, 5) is 0. The quantitative estimate of drug-likeness (QED) is 0.900. The van der Waals surface area contributed by atoms with Gasteiger partial charge < -0.3 is 14.6 Å². The molecule has 0 spiro atoms. The van der Waals surface area contributed by atoms with E-state index in [1.54, 1.807) is 33.1 Å². The van der Waals surface area contributed by atoms with Crippen molar-refractivity contribution in [3.63, 3.8) is 0 Å². The van der Waals surface area contributed by atoms with Gasteiger partial charge in [-0.05, 0) is 33.8 Å². The number of halogens is 1. The van der Waals surface area contributed by atoms with Crippen molar-refractivity contribution >= 4 is 11.6 Å². The van der Waals surface area contributed by atoms with E-state index in [0.29, 0.717) is 22.1 Å². The molecule has 0 radical (unpaired) electrons. The Bertz CT molecular complexity index is 394. The molecule has 1 rings (SSSR count). The number of methoxy groups -OCH3 is 1. The minimum absolute atomic E-state index is 0.0351. The van der Waals surface area contributed by atoms with Gasteiger partial charge in [0.25, 0.3) is 0 Å². The topological polar surface area (TPSA) is 38.7 Å². The number of hydrogen-bond donors (Lipinski definition) is 1. The fourth-order valence-corrected chi connectivity index (χ4v) is 1.89. The monoisotopic (exact) mass is 258 g/mol. The molecule has 0 fully saturated rings. The summed E-state index contributed by atoms with van der Waals surface area (Å²) in [7, 11) is 1.56. The predicted molar refractivity (Wildman–Crippen MR) is 69.0 cm³/mol. The molecule has 0 aliphatic carbocycles. The second-order valence-corrected chi connectivity index (χ2v) is 5.12. The molecule has 0 bridgehead atoms. The molecule has 0 amide bonds. The minimum Gasteiger partial charge on any atom is -0.493 e. The van der Waals surface area contributed by atoms with Crippen LogP contribution in [-0.4, -0.2) is 18.3 Å². The van der Waals surface area contributed by atoms with Gasteiger partial charge in [-0.1, -0.05) is 11.6 Å². The molecule has 0 aromatic heterocycles. The minimum atomic E-state index is -1.01. The van der Waals surface area contributed by atoms with Crippen LogP contribution >= 0.6 is 11.6 Å². The third-order valence-corrected chi connectivity index (χ3v) is 2.59. The van der Waals surface area contributed by atoms with Gasteiger partial charge in [0.15, 0.2) is 11.5 Å². The van der Waals surface area contributed by atoms with Crippen LogP contribution in [0, 0.1) is 0 Å². The zero-order valence-electron chi connectivity index (χ0n) is 10.9. The smallest absolute Gasteiger partial charge is 0.163 e. The summed E-state index contributed by atoms with van der Waals surface area (Å²) in [5.41, 5.74) is -0.395. The molecule has 1 aromatic rings. The summed E-state index contributed by atoms with van der Waals surface area (Å²) < 4.78 is 10.8. The zero-order valence-corrected chi connectivity index (χ0v) is 11.6. The highest BCUT2D eigenvalue weighted by Crippen LogP contribution is 2.38. The van der Waals surface area contributed by atoms with E-state index >= 15 is 0 Å². The second-order valence-electron chi connectivity index (χ2n) is 4.71. The highest BCUT2D eigenvalue weighted by molar-refractivity contribution is 6.31. The first-order valence-electron chi connectivity index (χ1n) is 5.52. The molecule has 0 heterocycles. The van der Waals surface area contributed by atoms with Crippen LogP contribution in [0.2, 0.25) is 5.02 Å². The van der Waals surface area contributed by atoms with E-state index in [1.807, 2.05) is 13.8 Å². The zero-order chi connectivity index (χ0) is 13.2. The van der Waals surface area contributed by atoms with Crippen LogP contribution in [0.3, 0.4) is 0 Å². The van der Waals surface area contributed by atoms with E-state index in [1.165, 1.54) is 0 Å². The number of aliphatic hydroxyl groups is 1. The molecular weight excluding hydrogens is 240 g/mol. The van der Waals surface area contributed by atoms with Crippen molar-refractivity contribution in [1.29, 1.82) is 0 Å². The summed E-state index contributed by atoms with van der Waals surface area (Å²) in [5.74, 6) is 1.15. The number of hydrogen-bond acceptors (Lipinski definition) is 3. The molecule has 0 atom stereocenters. The summed E-state index contributed by atoms with van der Waals surface area (Å²) in [5, 5.41) is 10.4.